The Morgan fingerprint density at radius 2 is 2.29 bits per heavy atom. The molecule has 1 atom stereocenters. The highest BCUT2D eigenvalue weighted by Crippen LogP contribution is 2.29. The summed E-state index contributed by atoms with van der Waals surface area (Å²) >= 11 is 0. The van der Waals surface area contributed by atoms with Crippen LogP contribution in [-0.2, 0) is 6.42 Å². The van der Waals surface area contributed by atoms with Gasteiger partial charge in [0.05, 0.1) is 0 Å². The SMILES string of the molecule is Cc1cccc2c1CCN(C)C2CN. The van der Waals surface area contributed by atoms with Crippen molar-refractivity contribution in [2.24, 2.45) is 5.73 Å². The summed E-state index contributed by atoms with van der Waals surface area (Å²) < 4.78 is 0. The molecule has 1 aromatic rings. The largest absolute Gasteiger partial charge is 0.329 e. The third kappa shape index (κ3) is 1.45. The fourth-order valence-electron chi connectivity index (χ4n) is 2.37. The van der Waals surface area contributed by atoms with Crippen molar-refractivity contribution in [3.8, 4) is 0 Å². The van der Waals surface area contributed by atoms with Gasteiger partial charge in [0.25, 0.3) is 0 Å². The average Bonchev–Trinajstić information content (AvgIpc) is 2.18. The number of hydrogen-bond acceptors (Lipinski definition) is 2. The second-order valence-electron chi connectivity index (χ2n) is 4.12. The van der Waals surface area contributed by atoms with Crippen molar-refractivity contribution >= 4 is 0 Å². The molecule has 1 unspecified atom stereocenters. The van der Waals surface area contributed by atoms with Crippen molar-refractivity contribution in [3.63, 3.8) is 0 Å². The summed E-state index contributed by atoms with van der Waals surface area (Å²) in [7, 11) is 2.16. The first kappa shape index (κ1) is 9.69. The minimum absolute atomic E-state index is 0.415. The van der Waals surface area contributed by atoms with E-state index < -0.39 is 0 Å². The van der Waals surface area contributed by atoms with Gasteiger partial charge >= 0.3 is 0 Å². The van der Waals surface area contributed by atoms with Crippen LogP contribution in [0.25, 0.3) is 0 Å². The van der Waals surface area contributed by atoms with Crippen molar-refractivity contribution in [1.29, 1.82) is 0 Å². The van der Waals surface area contributed by atoms with Crippen molar-refractivity contribution in [3.05, 3.63) is 34.9 Å². The van der Waals surface area contributed by atoms with Crippen LogP contribution in [0.3, 0.4) is 0 Å². The topological polar surface area (TPSA) is 29.3 Å². The van der Waals surface area contributed by atoms with Crippen molar-refractivity contribution in [2.45, 2.75) is 19.4 Å². The lowest BCUT2D eigenvalue weighted by Crippen LogP contribution is -2.36. The van der Waals surface area contributed by atoms with Crippen LogP contribution in [0, 0.1) is 6.92 Å². The van der Waals surface area contributed by atoms with Gasteiger partial charge in [0.15, 0.2) is 0 Å². The Kier molecular flexibility index (Phi) is 2.57. The Bertz CT molecular complexity index is 333. The van der Waals surface area contributed by atoms with Crippen LogP contribution < -0.4 is 5.73 Å². The summed E-state index contributed by atoms with van der Waals surface area (Å²) in [5.74, 6) is 0. The number of aryl methyl sites for hydroxylation is 1. The minimum atomic E-state index is 0.415. The summed E-state index contributed by atoms with van der Waals surface area (Å²) in [6.07, 6.45) is 1.16. The number of nitrogens with two attached hydrogens (primary N) is 1. The molecule has 14 heavy (non-hydrogen) atoms. The fourth-order valence-corrected chi connectivity index (χ4v) is 2.37. The number of likely N-dealkylation sites (N-methyl/N-ethyl adjacent to an activating group) is 1. The van der Waals surface area contributed by atoms with Crippen molar-refractivity contribution in [1.82, 2.24) is 4.90 Å². The number of hydrogen-bond donors (Lipinski definition) is 1. The third-order valence-corrected chi connectivity index (χ3v) is 3.28. The maximum atomic E-state index is 5.82. The molecule has 2 heteroatoms. The van der Waals surface area contributed by atoms with Crippen LogP contribution in [0.4, 0.5) is 0 Å². The first-order valence-corrected chi connectivity index (χ1v) is 5.22. The quantitative estimate of drug-likeness (QED) is 0.727. The molecule has 1 aromatic carbocycles. The molecule has 76 valence electrons. The zero-order chi connectivity index (χ0) is 10.1. The molecule has 1 heterocycles. The second-order valence-corrected chi connectivity index (χ2v) is 4.12. The van der Waals surface area contributed by atoms with E-state index in [4.69, 9.17) is 5.73 Å². The molecule has 2 nitrogen and oxygen atoms in total. The summed E-state index contributed by atoms with van der Waals surface area (Å²) in [6, 6.07) is 6.96. The lowest BCUT2D eigenvalue weighted by atomic mass is 9.90. The second kappa shape index (κ2) is 3.71. The van der Waals surface area contributed by atoms with E-state index >= 15 is 0 Å². The molecule has 0 spiro atoms. The van der Waals surface area contributed by atoms with Crippen LogP contribution in [0.2, 0.25) is 0 Å². The highest BCUT2D eigenvalue weighted by molar-refractivity contribution is 5.38. The highest BCUT2D eigenvalue weighted by atomic mass is 15.1. The number of fused-ring (bicyclic) bond motifs is 1. The zero-order valence-corrected chi connectivity index (χ0v) is 8.96. The van der Waals surface area contributed by atoms with Crippen LogP contribution in [0.15, 0.2) is 18.2 Å². The van der Waals surface area contributed by atoms with Crippen LogP contribution in [-0.4, -0.2) is 25.0 Å². The molecule has 0 radical (unpaired) electrons. The average molecular weight is 190 g/mol. The molecule has 0 bridgehead atoms. The molecule has 2 N–H and O–H groups in total. The zero-order valence-electron chi connectivity index (χ0n) is 8.96. The Hall–Kier alpha value is -0.860. The molecule has 0 amide bonds. The summed E-state index contributed by atoms with van der Waals surface area (Å²) in [5.41, 5.74) is 10.2. The van der Waals surface area contributed by atoms with Crippen LogP contribution in [0.1, 0.15) is 22.7 Å². The van der Waals surface area contributed by atoms with E-state index in [2.05, 4.69) is 37.1 Å². The predicted octanol–water partition coefficient (Wildman–Crippen LogP) is 1.48. The van der Waals surface area contributed by atoms with E-state index in [1.807, 2.05) is 0 Å². The van der Waals surface area contributed by atoms with Gasteiger partial charge in [0.2, 0.25) is 0 Å². The Labute approximate surface area is 85.7 Å². The van der Waals surface area contributed by atoms with Gasteiger partial charge in [-0.1, -0.05) is 18.2 Å². The minimum Gasteiger partial charge on any atom is -0.329 e. The number of nitrogens with zero attached hydrogens (tertiary/aromatic N) is 1. The maximum absolute atomic E-state index is 5.82. The molecule has 2 rings (SSSR count). The Morgan fingerprint density at radius 3 is 3.00 bits per heavy atom. The van der Waals surface area contributed by atoms with Gasteiger partial charge < -0.3 is 5.73 Å². The Morgan fingerprint density at radius 1 is 1.50 bits per heavy atom. The standard InChI is InChI=1S/C12H18N2/c1-9-4-3-5-11-10(9)6-7-14(2)12(11)8-13/h3-5,12H,6-8,13H2,1-2H3. The molecule has 1 aliphatic rings. The van der Waals surface area contributed by atoms with E-state index in [9.17, 15) is 0 Å². The van der Waals surface area contributed by atoms with Gasteiger partial charge in [-0.25, -0.2) is 0 Å². The first-order chi connectivity index (χ1) is 6.74. The van der Waals surface area contributed by atoms with Crippen molar-refractivity contribution < 1.29 is 0 Å². The van der Waals surface area contributed by atoms with Gasteiger partial charge in [0, 0.05) is 19.1 Å². The molecule has 1 aliphatic heterocycles. The summed E-state index contributed by atoms with van der Waals surface area (Å²) in [4.78, 5) is 2.35. The molecule has 0 fully saturated rings. The van der Waals surface area contributed by atoms with Gasteiger partial charge in [-0.2, -0.15) is 0 Å². The smallest absolute Gasteiger partial charge is 0.0470 e. The van der Waals surface area contributed by atoms with Gasteiger partial charge in [-0.05, 0) is 37.1 Å². The van der Waals surface area contributed by atoms with E-state index in [1.54, 1.807) is 0 Å². The van der Waals surface area contributed by atoms with E-state index in [-0.39, 0.29) is 0 Å². The molecular formula is C12H18N2. The Balaban J connectivity index is 2.46. The lowest BCUT2D eigenvalue weighted by molar-refractivity contribution is 0.236. The molecular weight excluding hydrogens is 172 g/mol. The monoisotopic (exact) mass is 190 g/mol. The van der Waals surface area contributed by atoms with Gasteiger partial charge in [0.1, 0.15) is 0 Å². The fraction of sp³-hybridized carbons (Fsp3) is 0.500. The van der Waals surface area contributed by atoms with E-state index in [1.165, 1.54) is 16.7 Å². The third-order valence-electron chi connectivity index (χ3n) is 3.28. The van der Waals surface area contributed by atoms with Crippen LogP contribution >= 0.6 is 0 Å². The van der Waals surface area contributed by atoms with Crippen LogP contribution in [0.5, 0.6) is 0 Å². The molecule has 0 aromatic heterocycles. The molecule has 0 aliphatic carbocycles. The lowest BCUT2D eigenvalue weighted by Gasteiger charge is -2.34. The maximum Gasteiger partial charge on any atom is 0.0470 e. The normalized spacial score (nSPS) is 22.1. The predicted molar refractivity (Wildman–Crippen MR) is 59.3 cm³/mol. The molecule has 0 saturated heterocycles. The summed E-state index contributed by atoms with van der Waals surface area (Å²) in [6.45, 7) is 4.03. The molecule has 0 saturated carbocycles. The number of benzene rings is 1. The van der Waals surface area contributed by atoms with E-state index in [0.29, 0.717) is 12.6 Å². The van der Waals surface area contributed by atoms with E-state index in [0.717, 1.165) is 13.0 Å². The van der Waals surface area contributed by atoms with Gasteiger partial charge in [-0.15, -0.1) is 0 Å². The highest BCUT2D eigenvalue weighted by Gasteiger charge is 2.23. The first-order valence-electron chi connectivity index (χ1n) is 5.22. The van der Waals surface area contributed by atoms with Crippen molar-refractivity contribution in [2.75, 3.05) is 20.1 Å². The summed E-state index contributed by atoms with van der Waals surface area (Å²) in [5, 5.41) is 0. The number of rotatable bonds is 1. The van der Waals surface area contributed by atoms with Gasteiger partial charge in [-0.3, -0.25) is 4.90 Å².